The molecule has 0 aromatic carbocycles. The molecule has 0 aliphatic carbocycles. The topological polar surface area (TPSA) is 38.3 Å². The van der Waals surface area contributed by atoms with Crippen LogP contribution in [0, 0.1) is 5.41 Å². The molecular formula is C16H32BrNO2. The first-order valence-corrected chi connectivity index (χ1v) is 8.91. The van der Waals surface area contributed by atoms with E-state index in [-0.39, 0.29) is 23.5 Å². The van der Waals surface area contributed by atoms with Crippen molar-refractivity contribution in [2.24, 2.45) is 5.41 Å². The summed E-state index contributed by atoms with van der Waals surface area (Å²) in [4.78, 5) is 12.4. The largest absolute Gasteiger partial charge is 0.379 e. The summed E-state index contributed by atoms with van der Waals surface area (Å²) in [5.41, 5.74) is -0.297. The van der Waals surface area contributed by atoms with Gasteiger partial charge >= 0.3 is 0 Å². The molecule has 120 valence electrons. The van der Waals surface area contributed by atoms with Crippen LogP contribution in [-0.2, 0) is 9.53 Å². The number of nitrogens with one attached hydrogen (secondary N) is 1. The molecule has 0 aliphatic rings. The molecule has 1 amide bonds. The molecule has 20 heavy (non-hydrogen) atoms. The van der Waals surface area contributed by atoms with E-state index in [2.05, 4.69) is 28.2 Å². The van der Waals surface area contributed by atoms with Crippen LogP contribution in [0.2, 0.25) is 0 Å². The Kier molecular flexibility index (Phi) is 10.6. The van der Waals surface area contributed by atoms with Crippen molar-refractivity contribution >= 4 is 21.8 Å². The van der Waals surface area contributed by atoms with Gasteiger partial charge in [-0.3, -0.25) is 4.79 Å². The lowest BCUT2D eigenvalue weighted by atomic mass is 9.85. The number of rotatable bonds is 11. The number of unbranched alkanes of at least 4 members (excludes halogenated alkanes) is 3. The second-order valence-electron chi connectivity index (χ2n) is 6.18. The van der Waals surface area contributed by atoms with Crippen LogP contribution in [0.5, 0.6) is 0 Å². The van der Waals surface area contributed by atoms with Gasteiger partial charge in [0.05, 0.1) is 12.1 Å². The van der Waals surface area contributed by atoms with Crippen LogP contribution in [0.15, 0.2) is 0 Å². The van der Waals surface area contributed by atoms with Crippen molar-refractivity contribution in [2.75, 3.05) is 12.4 Å². The molecule has 0 bridgehead atoms. The maximum Gasteiger partial charge on any atom is 0.225 e. The summed E-state index contributed by atoms with van der Waals surface area (Å²) in [5, 5.41) is 4.18. The fourth-order valence-electron chi connectivity index (χ4n) is 2.35. The third-order valence-corrected chi connectivity index (χ3v) is 4.48. The zero-order chi connectivity index (χ0) is 15.6. The van der Waals surface area contributed by atoms with Crippen LogP contribution in [0.4, 0.5) is 0 Å². The minimum Gasteiger partial charge on any atom is -0.379 e. The summed E-state index contributed by atoms with van der Waals surface area (Å²) in [6.07, 6.45) is 6.71. The monoisotopic (exact) mass is 349 g/mol. The summed E-state index contributed by atoms with van der Waals surface area (Å²) >= 11 is 3.44. The summed E-state index contributed by atoms with van der Waals surface area (Å²) in [6, 6.07) is 0.0603. The Labute approximate surface area is 133 Å². The second-order valence-corrected chi connectivity index (χ2v) is 6.97. The molecule has 0 fully saturated rings. The maximum absolute atomic E-state index is 12.4. The van der Waals surface area contributed by atoms with Crippen molar-refractivity contribution in [2.45, 2.75) is 78.4 Å². The first-order chi connectivity index (χ1) is 9.38. The van der Waals surface area contributed by atoms with E-state index < -0.39 is 0 Å². The molecule has 0 rings (SSSR count). The highest BCUT2D eigenvalue weighted by Crippen LogP contribution is 2.24. The lowest BCUT2D eigenvalue weighted by molar-refractivity contribution is -0.131. The molecule has 0 aromatic rings. The van der Waals surface area contributed by atoms with Crippen LogP contribution < -0.4 is 5.32 Å². The summed E-state index contributed by atoms with van der Waals surface area (Å²) in [5.74, 6) is 0.140. The van der Waals surface area contributed by atoms with Gasteiger partial charge < -0.3 is 10.1 Å². The molecule has 0 spiro atoms. The van der Waals surface area contributed by atoms with Crippen molar-refractivity contribution in [3.05, 3.63) is 0 Å². The minimum absolute atomic E-state index is 0.0603. The van der Waals surface area contributed by atoms with E-state index in [9.17, 15) is 4.79 Å². The molecule has 0 saturated heterocycles. The molecule has 0 saturated carbocycles. The Morgan fingerprint density at radius 2 is 1.85 bits per heavy atom. The number of halogens is 1. The molecule has 1 N–H and O–H groups in total. The van der Waals surface area contributed by atoms with E-state index in [0.717, 1.165) is 24.6 Å². The lowest BCUT2D eigenvalue weighted by Crippen LogP contribution is -2.47. The zero-order valence-electron chi connectivity index (χ0n) is 13.8. The van der Waals surface area contributed by atoms with Gasteiger partial charge in [0.25, 0.3) is 0 Å². The smallest absolute Gasteiger partial charge is 0.225 e. The standard InChI is InChI=1S/C16H32BrNO2/c1-6-14(20-5)13(2)18-15(19)16(3,4)11-9-7-8-10-12-17/h13-14H,6-12H2,1-5H3,(H,18,19). The van der Waals surface area contributed by atoms with Crippen LogP contribution in [0.1, 0.15) is 66.2 Å². The second kappa shape index (κ2) is 10.6. The fraction of sp³-hybridized carbons (Fsp3) is 0.938. The molecule has 2 unspecified atom stereocenters. The molecule has 0 aromatic heterocycles. The number of amides is 1. The third-order valence-electron chi connectivity index (χ3n) is 3.92. The van der Waals surface area contributed by atoms with Crippen molar-refractivity contribution in [1.29, 1.82) is 0 Å². The molecule has 0 aliphatic heterocycles. The van der Waals surface area contributed by atoms with E-state index in [4.69, 9.17) is 4.74 Å². The number of hydrogen-bond acceptors (Lipinski definition) is 2. The van der Waals surface area contributed by atoms with Crippen LogP contribution in [0.25, 0.3) is 0 Å². The minimum atomic E-state index is -0.297. The average Bonchev–Trinajstić information content (AvgIpc) is 2.39. The van der Waals surface area contributed by atoms with Crippen molar-refractivity contribution < 1.29 is 9.53 Å². The Bertz CT molecular complexity index is 265. The maximum atomic E-state index is 12.4. The highest BCUT2D eigenvalue weighted by molar-refractivity contribution is 9.09. The Morgan fingerprint density at radius 1 is 1.25 bits per heavy atom. The fourth-order valence-corrected chi connectivity index (χ4v) is 2.74. The van der Waals surface area contributed by atoms with Crippen LogP contribution in [0.3, 0.4) is 0 Å². The highest BCUT2D eigenvalue weighted by Gasteiger charge is 2.29. The number of alkyl halides is 1. The van der Waals surface area contributed by atoms with Crippen molar-refractivity contribution in [3.63, 3.8) is 0 Å². The van der Waals surface area contributed by atoms with Gasteiger partial charge in [-0.25, -0.2) is 0 Å². The molecule has 4 heteroatoms. The average molecular weight is 350 g/mol. The van der Waals surface area contributed by atoms with Gasteiger partial charge in [0, 0.05) is 17.9 Å². The highest BCUT2D eigenvalue weighted by atomic mass is 79.9. The Balaban J connectivity index is 4.15. The number of methoxy groups -OCH3 is 1. The van der Waals surface area contributed by atoms with Gasteiger partial charge in [-0.2, -0.15) is 0 Å². The lowest BCUT2D eigenvalue weighted by Gasteiger charge is -2.29. The molecular weight excluding hydrogens is 318 g/mol. The zero-order valence-corrected chi connectivity index (χ0v) is 15.4. The van der Waals surface area contributed by atoms with Crippen molar-refractivity contribution in [3.8, 4) is 0 Å². The van der Waals surface area contributed by atoms with Crippen LogP contribution in [-0.4, -0.2) is 30.5 Å². The van der Waals surface area contributed by atoms with E-state index in [1.165, 1.54) is 19.3 Å². The molecule has 2 atom stereocenters. The molecule has 0 radical (unpaired) electrons. The van der Waals surface area contributed by atoms with E-state index >= 15 is 0 Å². The quantitative estimate of drug-likeness (QED) is 0.446. The molecule has 3 nitrogen and oxygen atoms in total. The SMILES string of the molecule is CCC(OC)C(C)NC(=O)C(C)(C)CCCCCCBr. The Morgan fingerprint density at radius 3 is 2.35 bits per heavy atom. The predicted octanol–water partition coefficient (Wildman–Crippen LogP) is 4.29. The van der Waals surface area contributed by atoms with Gasteiger partial charge in [0.1, 0.15) is 0 Å². The van der Waals surface area contributed by atoms with E-state index in [1.807, 2.05) is 20.8 Å². The normalized spacial score (nSPS) is 14.9. The third kappa shape index (κ3) is 7.63. The van der Waals surface area contributed by atoms with Gasteiger partial charge in [0.2, 0.25) is 5.91 Å². The number of ether oxygens (including phenoxy) is 1. The van der Waals surface area contributed by atoms with Gasteiger partial charge in [0.15, 0.2) is 0 Å². The first-order valence-electron chi connectivity index (χ1n) is 7.78. The number of hydrogen-bond donors (Lipinski definition) is 1. The number of carbonyl (C=O) groups excluding carboxylic acids is 1. The predicted molar refractivity (Wildman–Crippen MR) is 89.4 cm³/mol. The van der Waals surface area contributed by atoms with Gasteiger partial charge in [-0.05, 0) is 26.2 Å². The summed E-state index contributed by atoms with van der Waals surface area (Å²) in [7, 11) is 1.70. The van der Waals surface area contributed by atoms with Gasteiger partial charge in [-0.15, -0.1) is 0 Å². The number of carbonyl (C=O) groups is 1. The van der Waals surface area contributed by atoms with E-state index in [1.54, 1.807) is 7.11 Å². The first kappa shape index (κ1) is 19.9. The molecule has 0 heterocycles. The van der Waals surface area contributed by atoms with Gasteiger partial charge in [-0.1, -0.05) is 56.0 Å². The van der Waals surface area contributed by atoms with Crippen LogP contribution >= 0.6 is 15.9 Å². The van der Waals surface area contributed by atoms with Crippen molar-refractivity contribution in [1.82, 2.24) is 5.32 Å². The van der Waals surface area contributed by atoms with E-state index in [0.29, 0.717) is 0 Å². The Hall–Kier alpha value is -0.0900. The summed E-state index contributed by atoms with van der Waals surface area (Å²) in [6.45, 7) is 8.16. The summed E-state index contributed by atoms with van der Waals surface area (Å²) < 4.78 is 5.38.